The smallest absolute Gasteiger partial charge is 0.0417 e. The van der Waals surface area contributed by atoms with Crippen molar-refractivity contribution >= 4 is 33.7 Å². The summed E-state index contributed by atoms with van der Waals surface area (Å²) in [6.07, 6.45) is 0. The van der Waals surface area contributed by atoms with Gasteiger partial charge in [0.25, 0.3) is 0 Å². The quantitative estimate of drug-likeness (QED) is 0.577. The van der Waals surface area contributed by atoms with E-state index in [2.05, 4.69) is 39.3 Å². The second kappa shape index (κ2) is 5.89. The predicted octanol–water partition coefficient (Wildman–Crippen LogP) is 3.82. The van der Waals surface area contributed by atoms with Crippen LogP contribution in [0.5, 0.6) is 0 Å². The van der Waals surface area contributed by atoms with E-state index < -0.39 is 16.1 Å². The third kappa shape index (κ3) is 6.10. The number of rotatable bonds is 0. The molecular weight excluding hydrogens is 334 g/mol. The van der Waals surface area contributed by atoms with E-state index in [0.717, 1.165) is 0 Å². The third-order valence-electron chi connectivity index (χ3n) is 3.12. The average Bonchev–Trinajstić information content (AvgIpc) is 1.74. The normalized spacial score (nSPS) is 27.6. The zero-order chi connectivity index (χ0) is 11.0. The van der Waals surface area contributed by atoms with Gasteiger partial charge in [-0.05, 0) is 0 Å². The minimum absolute atomic E-state index is 0. The molecule has 1 heterocycles. The molecule has 0 saturated carbocycles. The molecule has 2 radical (unpaired) electrons. The molecule has 0 spiro atoms. The fourth-order valence-corrected chi connectivity index (χ4v) is 36.2. The van der Waals surface area contributed by atoms with Crippen LogP contribution in [-0.2, 0) is 19.5 Å². The fourth-order valence-electron chi connectivity index (χ4n) is 3.52. The van der Waals surface area contributed by atoms with E-state index in [1.807, 2.05) is 0 Å². The molecule has 0 N–H and O–H groups in total. The average molecular weight is 360 g/mol. The first-order valence-electron chi connectivity index (χ1n) is 5.83. The van der Waals surface area contributed by atoms with Crippen LogP contribution in [0.15, 0.2) is 0 Å². The van der Waals surface area contributed by atoms with Crippen LogP contribution in [0.3, 0.4) is 0 Å². The van der Waals surface area contributed by atoms with Crippen molar-refractivity contribution in [2.24, 2.45) is 0 Å². The molecule has 15 heavy (non-hydrogen) atoms. The molecule has 0 aromatic heterocycles. The summed E-state index contributed by atoms with van der Waals surface area (Å²) in [6, 6.07) is 0. The van der Waals surface area contributed by atoms with Gasteiger partial charge in [-0.3, -0.25) is 0 Å². The topological polar surface area (TPSA) is 0 Å². The van der Waals surface area contributed by atoms with Gasteiger partial charge in [0.1, 0.15) is 0 Å². The van der Waals surface area contributed by atoms with Gasteiger partial charge in [-0.15, -0.1) is 0 Å². The van der Waals surface area contributed by atoms with Crippen LogP contribution in [-0.4, -0.2) is 33.7 Å². The molecule has 1 fully saturated rings. The molecule has 90 valence electrons. The summed E-state index contributed by atoms with van der Waals surface area (Å²) in [5.74, 6) is 0. The van der Waals surface area contributed by atoms with Crippen LogP contribution in [0.4, 0.5) is 0 Å². The van der Waals surface area contributed by atoms with Crippen LogP contribution in [0, 0.1) is 0 Å². The zero-order valence-corrected chi connectivity index (χ0v) is 16.9. The summed E-state index contributed by atoms with van der Waals surface area (Å²) < 4.78 is 0. The molecule has 0 unspecified atom stereocenters. The van der Waals surface area contributed by atoms with E-state index in [4.69, 9.17) is 0 Å². The Balaban J connectivity index is 0.00000196. The SMILES string of the molecule is C[Si]1C[Si](C)(C)C[Si](C)C[Si](C)(C)C1.[Ru]. The maximum absolute atomic E-state index is 2.65. The van der Waals surface area contributed by atoms with Gasteiger partial charge >= 0.3 is 0 Å². The summed E-state index contributed by atoms with van der Waals surface area (Å²) in [6.45, 7) is 15.8. The van der Waals surface area contributed by atoms with E-state index >= 15 is 0 Å². The number of hydrogen-bond acceptors (Lipinski definition) is 0. The van der Waals surface area contributed by atoms with Crippen LogP contribution in [0.2, 0.25) is 62.0 Å². The summed E-state index contributed by atoms with van der Waals surface area (Å²) >= 11 is 0. The van der Waals surface area contributed by atoms with Crippen molar-refractivity contribution in [3.63, 3.8) is 0 Å². The predicted molar refractivity (Wildman–Crippen MR) is 77.4 cm³/mol. The van der Waals surface area contributed by atoms with Crippen molar-refractivity contribution in [3.8, 4) is 0 Å². The van der Waals surface area contributed by atoms with Crippen molar-refractivity contribution in [1.82, 2.24) is 0 Å². The standard InChI is InChI=1S/C10H26Si4.Ru/c1-11-7-13(3,4)9-12(2)10-14(5,6)8-11;/h7-10H2,1-6H3;. The maximum Gasteiger partial charge on any atom is 0.0417 e. The molecule has 0 aromatic rings. The Morgan fingerprint density at radius 3 is 1.07 bits per heavy atom. The van der Waals surface area contributed by atoms with Gasteiger partial charge < -0.3 is 0 Å². The van der Waals surface area contributed by atoms with E-state index in [1.54, 1.807) is 22.7 Å². The van der Waals surface area contributed by atoms with E-state index in [-0.39, 0.29) is 37.1 Å². The molecule has 0 atom stereocenters. The minimum atomic E-state index is -0.749. The summed E-state index contributed by atoms with van der Waals surface area (Å²) in [7, 11) is -1.39. The van der Waals surface area contributed by atoms with Gasteiger partial charge in [0.05, 0.1) is 0 Å². The van der Waals surface area contributed by atoms with Gasteiger partial charge in [-0.25, -0.2) is 0 Å². The molecule has 0 aliphatic carbocycles. The van der Waals surface area contributed by atoms with E-state index in [9.17, 15) is 0 Å². The first kappa shape index (κ1) is 16.5. The molecule has 1 rings (SSSR count). The largest absolute Gasteiger partial charge is 0.0715 e. The Bertz CT molecular complexity index is 168. The second-order valence-electron chi connectivity index (χ2n) is 6.95. The van der Waals surface area contributed by atoms with Crippen molar-refractivity contribution in [2.45, 2.75) is 62.0 Å². The Morgan fingerprint density at radius 2 is 0.867 bits per heavy atom. The van der Waals surface area contributed by atoms with Crippen LogP contribution < -0.4 is 0 Å². The van der Waals surface area contributed by atoms with Crippen LogP contribution in [0.1, 0.15) is 0 Å². The maximum atomic E-state index is 2.65. The summed E-state index contributed by atoms with van der Waals surface area (Å²) in [5, 5.41) is 0. The van der Waals surface area contributed by atoms with E-state index in [1.165, 1.54) is 0 Å². The first-order valence-corrected chi connectivity index (χ1v) is 17.5. The van der Waals surface area contributed by atoms with Gasteiger partial charge in [-0.2, -0.15) is 0 Å². The Hall–Kier alpha value is 1.49. The van der Waals surface area contributed by atoms with Gasteiger partial charge in [-0.1, -0.05) is 62.0 Å². The van der Waals surface area contributed by atoms with Gasteiger partial charge in [0.15, 0.2) is 0 Å². The van der Waals surface area contributed by atoms with Crippen LogP contribution in [0.25, 0.3) is 0 Å². The molecular formula is C10H26RuSi4. The van der Waals surface area contributed by atoms with Gasteiger partial charge in [0.2, 0.25) is 0 Å². The Labute approximate surface area is 115 Å². The monoisotopic (exact) mass is 360 g/mol. The molecule has 0 nitrogen and oxygen atoms in total. The number of hydrogen-bond donors (Lipinski definition) is 0. The van der Waals surface area contributed by atoms with Crippen molar-refractivity contribution < 1.29 is 19.5 Å². The second-order valence-corrected chi connectivity index (χ2v) is 25.1. The molecule has 5 heteroatoms. The zero-order valence-electron chi connectivity index (χ0n) is 11.2. The third-order valence-corrected chi connectivity index (χ3v) is 28.1. The van der Waals surface area contributed by atoms with Crippen LogP contribution >= 0.6 is 0 Å². The molecule has 1 aliphatic rings. The Morgan fingerprint density at radius 1 is 0.667 bits per heavy atom. The summed E-state index contributed by atoms with van der Waals surface area (Å²) in [5.41, 5.74) is 6.82. The van der Waals surface area contributed by atoms with Crippen molar-refractivity contribution in [3.05, 3.63) is 0 Å². The van der Waals surface area contributed by atoms with E-state index in [0.29, 0.717) is 0 Å². The Kier molecular flexibility index (Phi) is 6.48. The first-order chi connectivity index (χ1) is 6.20. The molecule has 0 amide bonds. The molecule has 0 bridgehead atoms. The minimum Gasteiger partial charge on any atom is -0.0715 e. The van der Waals surface area contributed by atoms with Gasteiger partial charge in [0, 0.05) is 53.2 Å². The fraction of sp³-hybridized carbons (Fsp3) is 1.00. The molecule has 0 aromatic carbocycles. The van der Waals surface area contributed by atoms with Crippen molar-refractivity contribution in [1.29, 1.82) is 0 Å². The van der Waals surface area contributed by atoms with Crippen molar-refractivity contribution in [2.75, 3.05) is 0 Å². The summed E-state index contributed by atoms with van der Waals surface area (Å²) in [4.78, 5) is 0. The molecule has 1 aliphatic heterocycles. The molecule has 1 saturated heterocycles.